The van der Waals surface area contributed by atoms with Crippen molar-refractivity contribution in [2.24, 2.45) is 0 Å². The standard InChI is InChI=1S/C34H33ClN4O4S/c1-22-12-32-29(13-25(22)14-36)31(19-39(32)26-20-44(40,41)21-26)30-15-37-16-33(34(30)35)38(17-23-4-8-27(42-2)9-5-23)18-24-6-10-28(43-3)11-7-24/h4-13,15-16,19,26,40-41H,17-18,20-21H2,1-3H3. The van der Waals surface area contributed by atoms with Crippen molar-refractivity contribution in [3.05, 3.63) is 107 Å². The van der Waals surface area contributed by atoms with Gasteiger partial charge in [-0.15, -0.1) is 0 Å². The average Bonchev–Trinajstić information content (AvgIpc) is 3.37. The molecular formula is C34H33ClN4O4S. The number of nitrogens with zero attached hydrogens (tertiary/aromatic N) is 4. The zero-order chi connectivity index (χ0) is 31.0. The third-order valence-corrected chi connectivity index (χ3v) is 10.4. The molecule has 10 heteroatoms. The van der Waals surface area contributed by atoms with Gasteiger partial charge in [0.2, 0.25) is 0 Å². The molecule has 0 bridgehead atoms. The van der Waals surface area contributed by atoms with Crippen LogP contribution in [0.4, 0.5) is 5.69 Å². The number of benzene rings is 3. The minimum absolute atomic E-state index is 0.0554. The van der Waals surface area contributed by atoms with Crippen LogP contribution in [0.2, 0.25) is 5.02 Å². The highest BCUT2D eigenvalue weighted by Gasteiger charge is 2.36. The SMILES string of the molecule is COc1ccc(CN(Cc2ccc(OC)cc2)c2cncc(-c3cn(C4CS(O)(O)C4)c4cc(C)c(C#N)cc34)c2Cl)cc1. The predicted octanol–water partition coefficient (Wildman–Crippen LogP) is 8.07. The molecule has 0 unspecified atom stereocenters. The molecule has 5 aromatic rings. The zero-order valence-corrected chi connectivity index (χ0v) is 26.3. The second-order valence-corrected chi connectivity index (χ2v) is 13.8. The Labute approximate surface area is 263 Å². The summed E-state index contributed by atoms with van der Waals surface area (Å²) in [5.41, 5.74) is 6.86. The van der Waals surface area contributed by atoms with E-state index in [0.29, 0.717) is 35.2 Å². The van der Waals surface area contributed by atoms with Gasteiger partial charge in [-0.05, 0) is 60.0 Å². The summed E-state index contributed by atoms with van der Waals surface area (Å²) in [5, 5.41) is 11.2. The molecule has 1 aliphatic heterocycles. The molecule has 0 atom stereocenters. The lowest BCUT2D eigenvalue weighted by atomic mass is 10.0. The number of methoxy groups -OCH3 is 2. The number of anilines is 1. The van der Waals surface area contributed by atoms with E-state index < -0.39 is 10.6 Å². The van der Waals surface area contributed by atoms with E-state index >= 15 is 0 Å². The molecule has 0 amide bonds. The van der Waals surface area contributed by atoms with Crippen LogP contribution in [0.15, 0.2) is 79.3 Å². The normalized spacial score (nSPS) is 14.9. The summed E-state index contributed by atoms with van der Waals surface area (Å²) in [6.45, 7) is 3.05. The number of ether oxygens (including phenoxy) is 2. The molecule has 226 valence electrons. The molecule has 0 radical (unpaired) electrons. The Morgan fingerprint density at radius 3 is 2.07 bits per heavy atom. The van der Waals surface area contributed by atoms with E-state index in [1.165, 1.54) is 0 Å². The Hall–Kier alpha value is -4.20. The Kier molecular flexibility index (Phi) is 8.18. The fourth-order valence-electron chi connectivity index (χ4n) is 5.74. The number of hydrogen-bond donors (Lipinski definition) is 2. The Bertz CT molecular complexity index is 1810. The Morgan fingerprint density at radius 1 is 0.955 bits per heavy atom. The van der Waals surface area contributed by atoms with Crippen LogP contribution in [0.3, 0.4) is 0 Å². The summed E-state index contributed by atoms with van der Waals surface area (Å²) in [4.78, 5) is 6.83. The maximum atomic E-state index is 10.2. The fourth-order valence-corrected chi connectivity index (χ4v) is 7.51. The first-order valence-corrected chi connectivity index (χ1v) is 16.4. The fraction of sp³-hybridized carbons (Fsp3) is 0.235. The molecule has 6 rings (SSSR count). The number of pyridine rings is 1. The second-order valence-electron chi connectivity index (χ2n) is 11.1. The van der Waals surface area contributed by atoms with Crippen molar-refractivity contribution in [1.29, 1.82) is 5.26 Å². The first kappa shape index (κ1) is 29.9. The number of aromatic nitrogens is 2. The predicted molar refractivity (Wildman–Crippen MR) is 177 cm³/mol. The highest BCUT2D eigenvalue weighted by molar-refractivity contribution is 8.25. The molecule has 3 aromatic carbocycles. The monoisotopic (exact) mass is 628 g/mol. The van der Waals surface area contributed by atoms with E-state index in [0.717, 1.165) is 55.9 Å². The van der Waals surface area contributed by atoms with Gasteiger partial charge in [0.1, 0.15) is 11.5 Å². The molecule has 1 aliphatic rings. The summed E-state index contributed by atoms with van der Waals surface area (Å²) < 4.78 is 33.1. The van der Waals surface area contributed by atoms with Gasteiger partial charge >= 0.3 is 0 Å². The molecular weight excluding hydrogens is 596 g/mol. The third kappa shape index (κ3) is 5.82. The summed E-state index contributed by atoms with van der Waals surface area (Å²) >= 11 is 7.28. The number of nitriles is 1. The van der Waals surface area contributed by atoms with Crippen LogP contribution in [-0.4, -0.2) is 44.4 Å². The number of halogens is 1. The Balaban J connectivity index is 1.45. The minimum Gasteiger partial charge on any atom is -0.497 e. The Morgan fingerprint density at radius 2 is 1.55 bits per heavy atom. The summed E-state index contributed by atoms with van der Waals surface area (Å²) in [7, 11) is 0.743. The molecule has 2 aromatic heterocycles. The number of hydrogen-bond acceptors (Lipinski definition) is 7. The van der Waals surface area contributed by atoms with E-state index in [2.05, 4.69) is 20.5 Å². The van der Waals surface area contributed by atoms with Crippen LogP contribution in [-0.2, 0) is 13.1 Å². The van der Waals surface area contributed by atoms with Crippen LogP contribution in [0.1, 0.15) is 28.3 Å². The van der Waals surface area contributed by atoms with Gasteiger partial charge in [0.25, 0.3) is 0 Å². The summed E-state index contributed by atoms with van der Waals surface area (Å²) in [6.07, 6.45) is 5.54. The van der Waals surface area contributed by atoms with Crippen molar-refractivity contribution in [2.45, 2.75) is 26.1 Å². The van der Waals surface area contributed by atoms with Crippen LogP contribution in [0.25, 0.3) is 22.0 Å². The lowest BCUT2D eigenvalue weighted by Crippen LogP contribution is -2.34. The van der Waals surface area contributed by atoms with Gasteiger partial charge < -0.3 is 18.9 Å². The molecule has 1 fully saturated rings. The van der Waals surface area contributed by atoms with E-state index in [9.17, 15) is 14.4 Å². The van der Waals surface area contributed by atoms with Crippen molar-refractivity contribution in [3.8, 4) is 28.7 Å². The van der Waals surface area contributed by atoms with Crippen LogP contribution < -0.4 is 14.4 Å². The molecule has 0 aliphatic carbocycles. The lowest BCUT2D eigenvalue weighted by Gasteiger charge is -2.47. The van der Waals surface area contributed by atoms with Gasteiger partial charge in [0.15, 0.2) is 0 Å². The minimum atomic E-state index is -2.55. The van der Waals surface area contributed by atoms with Gasteiger partial charge in [-0.2, -0.15) is 15.9 Å². The molecule has 8 nitrogen and oxygen atoms in total. The lowest BCUT2D eigenvalue weighted by molar-refractivity contribution is 0.414. The summed E-state index contributed by atoms with van der Waals surface area (Å²) in [6, 6.07) is 22.0. The van der Waals surface area contributed by atoms with E-state index in [-0.39, 0.29) is 6.04 Å². The van der Waals surface area contributed by atoms with Gasteiger partial charge in [-0.1, -0.05) is 35.9 Å². The van der Waals surface area contributed by atoms with Crippen LogP contribution in [0.5, 0.6) is 11.5 Å². The van der Waals surface area contributed by atoms with Crippen LogP contribution in [0, 0.1) is 18.3 Å². The number of aryl methyl sites for hydroxylation is 1. The van der Waals surface area contributed by atoms with Gasteiger partial charge in [-0.25, -0.2) is 0 Å². The van der Waals surface area contributed by atoms with Crippen molar-refractivity contribution >= 4 is 38.8 Å². The first-order valence-electron chi connectivity index (χ1n) is 14.1. The summed E-state index contributed by atoms with van der Waals surface area (Å²) in [5.74, 6) is 2.18. The van der Waals surface area contributed by atoms with Crippen molar-refractivity contribution in [1.82, 2.24) is 9.55 Å². The van der Waals surface area contributed by atoms with Gasteiger partial charge in [0, 0.05) is 47.5 Å². The third-order valence-electron chi connectivity index (χ3n) is 8.17. The average molecular weight is 629 g/mol. The topological polar surface area (TPSA) is 104 Å². The molecule has 3 heterocycles. The molecule has 2 N–H and O–H groups in total. The van der Waals surface area contributed by atoms with E-state index in [1.807, 2.05) is 73.8 Å². The van der Waals surface area contributed by atoms with Crippen molar-refractivity contribution < 1.29 is 18.6 Å². The largest absolute Gasteiger partial charge is 0.497 e. The molecule has 1 saturated heterocycles. The maximum absolute atomic E-state index is 10.2. The number of rotatable bonds is 9. The van der Waals surface area contributed by atoms with Crippen molar-refractivity contribution in [3.63, 3.8) is 0 Å². The second kappa shape index (κ2) is 12.1. The first-order chi connectivity index (χ1) is 21.2. The smallest absolute Gasteiger partial charge is 0.118 e. The van der Waals surface area contributed by atoms with Crippen molar-refractivity contribution in [2.75, 3.05) is 30.6 Å². The van der Waals surface area contributed by atoms with Crippen LogP contribution >= 0.6 is 22.2 Å². The maximum Gasteiger partial charge on any atom is 0.118 e. The number of fused-ring (bicyclic) bond motifs is 1. The highest BCUT2D eigenvalue weighted by atomic mass is 35.5. The van der Waals surface area contributed by atoms with Gasteiger partial charge in [0.05, 0.1) is 60.3 Å². The van der Waals surface area contributed by atoms with E-state index in [4.69, 9.17) is 21.1 Å². The quantitative estimate of drug-likeness (QED) is 0.170. The zero-order valence-electron chi connectivity index (χ0n) is 24.7. The molecule has 0 spiro atoms. The highest BCUT2D eigenvalue weighted by Crippen LogP contribution is 2.55. The van der Waals surface area contributed by atoms with E-state index in [1.54, 1.807) is 26.6 Å². The molecule has 44 heavy (non-hydrogen) atoms. The molecule has 0 saturated carbocycles. The van der Waals surface area contributed by atoms with Gasteiger partial charge in [-0.3, -0.25) is 14.1 Å².